The number of ether oxygens (including phenoxy) is 1. The fraction of sp³-hybridized carbons (Fsp3) is 0.188. The van der Waals surface area contributed by atoms with E-state index in [1.165, 1.54) is 0 Å². The Bertz CT molecular complexity index is 625. The van der Waals surface area contributed by atoms with Crippen LogP contribution in [0.15, 0.2) is 48.5 Å². The summed E-state index contributed by atoms with van der Waals surface area (Å²) in [5, 5.41) is 3.53. The van der Waals surface area contributed by atoms with E-state index in [1.54, 1.807) is 24.3 Å². The minimum absolute atomic E-state index is 0.0161. The van der Waals surface area contributed by atoms with Crippen molar-refractivity contribution in [1.29, 1.82) is 0 Å². The zero-order valence-corrected chi connectivity index (χ0v) is 11.6. The summed E-state index contributed by atoms with van der Waals surface area (Å²) in [7, 11) is 0. The summed E-state index contributed by atoms with van der Waals surface area (Å²) >= 11 is 5.81. The van der Waals surface area contributed by atoms with Crippen molar-refractivity contribution in [3.63, 3.8) is 0 Å². The van der Waals surface area contributed by atoms with Crippen molar-refractivity contribution in [3.8, 4) is 5.75 Å². The molecule has 2 aromatic rings. The number of carbonyl (C=O) groups excluding carboxylic acids is 1. The van der Waals surface area contributed by atoms with Gasteiger partial charge in [-0.25, -0.2) is 0 Å². The van der Waals surface area contributed by atoms with Crippen molar-refractivity contribution in [1.82, 2.24) is 0 Å². The normalized spacial score (nSPS) is 16.4. The fourth-order valence-electron chi connectivity index (χ4n) is 2.37. The van der Waals surface area contributed by atoms with Crippen LogP contribution in [-0.2, 0) is 4.79 Å². The summed E-state index contributed by atoms with van der Waals surface area (Å²) in [6, 6.07) is 15.0. The second-order valence-corrected chi connectivity index (χ2v) is 5.24. The number of hydrogen-bond acceptors (Lipinski definition) is 2. The van der Waals surface area contributed by atoms with Crippen molar-refractivity contribution in [2.45, 2.75) is 12.3 Å². The molecule has 1 N–H and O–H groups in total. The predicted octanol–water partition coefficient (Wildman–Crippen LogP) is 3.84. The molecule has 1 atom stereocenters. The molecule has 20 heavy (non-hydrogen) atoms. The maximum absolute atomic E-state index is 12.1. The third-order valence-corrected chi connectivity index (χ3v) is 3.61. The molecule has 3 rings (SSSR count). The van der Waals surface area contributed by atoms with E-state index in [4.69, 9.17) is 16.3 Å². The largest absolute Gasteiger partial charge is 0.493 e. The van der Waals surface area contributed by atoms with Crippen molar-refractivity contribution in [2.24, 2.45) is 0 Å². The van der Waals surface area contributed by atoms with Crippen molar-refractivity contribution in [2.75, 3.05) is 11.9 Å². The Morgan fingerprint density at radius 2 is 1.95 bits per heavy atom. The topological polar surface area (TPSA) is 38.3 Å². The molecular formula is C16H14ClNO2. The summed E-state index contributed by atoms with van der Waals surface area (Å²) in [6.45, 7) is 0.563. The molecule has 0 aromatic heterocycles. The molecule has 2 aromatic carbocycles. The molecule has 102 valence electrons. The second kappa shape index (κ2) is 5.55. The number of fused-ring (bicyclic) bond motifs is 1. The van der Waals surface area contributed by atoms with Gasteiger partial charge < -0.3 is 10.1 Å². The average Bonchev–Trinajstić information content (AvgIpc) is 2.85. The van der Waals surface area contributed by atoms with Gasteiger partial charge in [0.2, 0.25) is 5.91 Å². The monoisotopic (exact) mass is 287 g/mol. The zero-order valence-electron chi connectivity index (χ0n) is 10.8. The van der Waals surface area contributed by atoms with Gasteiger partial charge in [-0.1, -0.05) is 29.8 Å². The number of para-hydroxylation sites is 1. The van der Waals surface area contributed by atoms with Crippen LogP contribution in [0.25, 0.3) is 0 Å². The molecule has 1 aliphatic heterocycles. The van der Waals surface area contributed by atoms with Crippen LogP contribution in [0.5, 0.6) is 5.75 Å². The molecule has 0 saturated heterocycles. The lowest BCUT2D eigenvalue weighted by molar-refractivity contribution is -0.116. The Morgan fingerprint density at radius 1 is 1.20 bits per heavy atom. The molecular weight excluding hydrogens is 274 g/mol. The summed E-state index contributed by atoms with van der Waals surface area (Å²) in [4.78, 5) is 12.1. The van der Waals surface area contributed by atoms with Gasteiger partial charge in [-0.15, -0.1) is 0 Å². The zero-order chi connectivity index (χ0) is 13.9. The quantitative estimate of drug-likeness (QED) is 0.931. The van der Waals surface area contributed by atoms with E-state index in [1.807, 2.05) is 24.3 Å². The van der Waals surface area contributed by atoms with Crippen molar-refractivity contribution in [3.05, 3.63) is 59.1 Å². The molecule has 0 spiro atoms. The van der Waals surface area contributed by atoms with Gasteiger partial charge in [0.25, 0.3) is 0 Å². The van der Waals surface area contributed by atoms with E-state index in [-0.39, 0.29) is 11.8 Å². The minimum Gasteiger partial charge on any atom is -0.493 e. The van der Waals surface area contributed by atoms with Gasteiger partial charge in [0, 0.05) is 28.6 Å². The third-order valence-electron chi connectivity index (χ3n) is 3.36. The first-order valence-electron chi connectivity index (χ1n) is 6.49. The molecule has 1 aliphatic rings. The lowest BCUT2D eigenvalue weighted by Gasteiger charge is -2.09. The van der Waals surface area contributed by atoms with Gasteiger partial charge in [-0.2, -0.15) is 0 Å². The number of halogens is 1. The minimum atomic E-state index is -0.0161. The highest BCUT2D eigenvalue weighted by atomic mass is 35.5. The number of amides is 1. The predicted molar refractivity (Wildman–Crippen MR) is 79.4 cm³/mol. The fourth-order valence-corrected chi connectivity index (χ4v) is 2.49. The first-order chi connectivity index (χ1) is 9.72. The van der Waals surface area contributed by atoms with Crippen LogP contribution in [0.4, 0.5) is 5.69 Å². The van der Waals surface area contributed by atoms with Gasteiger partial charge >= 0.3 is 0 Å². The maximum atomic E-state index is 12.1. The molecule has 0 saturated carbocycles. The van der Waals surface area contributed by atoms with E-state index in [0.29, 0.717) is 18.1 Å². The number of rotatable bonds is 3. The highest BCUT2D eigenvalue weighted by molar-refractivity contribution is 6.30. The Hall–Kier alpha value is -2.00. The smallest absolute Gasteiger partial charge is 0.225 e. The summed E-state index contributed by atoms with van der Waals surface area (Å²) < 4.78 is 5.58. The van der Waals surface area contributed by atoms with Gasteiger partial charge in [-0.3, -0.25) is 4.79 Å². The lowest BCUT2D eigenvalue weighted by atomic mass is 9.97. The van der Waals surface area contributed by atoms with Crippen LogP contribution < -0.4 is 10.1 Å². The molecule has 0 aliphatic carbocycles. The SMILES string of the molecule is O=C(CC1COc2ccccc21)Nc1ccc(Cl)cc1. The molecule has 4 heteroatoms. The van der Waals surface area contributed by atoms with E-state index < -0.39 is 0 Å². The van der Waals surface area contributed by atoms with Gasteiger partial charge in [0.1, 0.15) is 5.75 Å². The highest BCUT2D eigenvalue weighted by Gasteiger charge is 2.25. The molecule has 0 bridgehead atoms. The van der Waals surface area contributed by atoms with Crippen LogP contribution >= 0.6 is 11.6 Å². The first-order valence-corrected chi connectivity index (χ1v) is 6.87. The molecule has 1 amide bonds. The molecule has 0 fully saturated rings. The number of carbonyl (C=O) groups is 1. The number of hydrogen-bond donors (Lipinski definition) is 1. The summed E-state index contributed by atoms with van der Waals surface area (Å²) in [5.41, 5.74) is 1.87. The van der Waals surface area contributed by atoms with E-state index >= 15 is 0 Å². The van der Waals surface area contributed by atoms with Crippen LogP contribution in [-0.4, -0.2) is 12.5 Å². The Labute approximate surface area is 122 Å². The van der Waals surface area contributed by atoms with E-state index in [9.17, 15) is 4.79 Å². The summed E-state index contributed by atoms with van der Waals surface area (Å²) in [6.07, 6.45) is 0.416. The Morgan fingerprint density at radius 3 is 2.75 bits per heavy atom. The van der Waals surface area contributed by atoms with Crippen molar-refractivity contribution >= 4 is 23.2 Å². The van der Waals surface area contributed by atoms with Gasteiger partial charge in [-0.05, 0) is 30.3 Å². The second-order valence-electron chi connectivity index (χ2n) is 4.80. The standard InChI is InChI=1S/C16H14ClNO2/c17-12-5-7-13(8-6-12)18-16(19)9-11-10-20-15-4-2-1-3-14(11)15/h1-8,11H,9-10H2,(H,18,19). The Balaban J connectivity index is 1.64. The molecule has 1 unspecified atom stereocenters. The highest BCUT2D eigenvalue weighted by Crippen LogP contribution is 2.35. The average molecular weight is 288 g/mol. The van der Waals surface area contributed by atoms with Crippen LogP contribution in [0, 0.1) is 0 Å². The van der Waals surface area contributed by atoms with E-state index in [2.05, 4.69) is 5.32 Å². The van der Waals surface area contributed by atoms with Crippen LogP contribution in [0.3, 0.4) is 0 Å². The first kappa shape index (κ1) is 13.0. The maximum Gasteiger partial charge on any atom is 0.225 e. The lowest BCUT2D eigenvalue weighted by Crippen LogP contribution is -2.16. The molecule has 3 nitrogen and oxygen atoms in total. The number of anilines is 1. The van der Waals surface area contributed by atoms with Crippen molar-refractivity contribution < 1.29 is 9.53 Å². The van der Waals surface area contributed by atoms with Crippen LogP contribution in [0.2, 0.25) is 5.02 Å². The molecule has 1 heterocycles. The van der Waals surface area contributed by atoms with Gasteiger partial charge in [0.15, 0.2) is 0 Å². The number of benzene rings is 2. The van der Waals surface area contributed by atoms with Gasteiger partial charge in [0.05, 0.1) is 6.61 Å². The van der Waals surface area contributed by atoms with Crippen LogP contribution in [0.1, 0.15) is 17.9 Å². The number of nitrogens with one attached hydrogen (secondary N) is 1. The molecule has 0 radical (unpaired) electrons. The van der Waals surface area contributed by atoms with E-state index in [0.717, 1.165) is 17.0 Å². The Kier molecular flexibility index (Phi) is 3.61. The third kappa shape index (κ3) is 2.78. The summed E-state index contributed by atoms with van der Waals surface area (Å²) in [5.74, 6) is 0.993.